The van der Waals surface area contributed by atoms with Crippen LogP contribution in [0.2, 0.25) is 0 Å². The van der Waals surface area contributed by atoms with E-state index in [1.54, 1.807) is 0 Å². The van der Waals surface area contributed by atoms with Crippen LogP contribution in [0.5, 0.6) is 0 Å². The Kier molecular flexibility index (Phi) is 5.81. The molecule has 1 saturated heterocycles. The second kappa shape index (κ2) is 7.45. The van der Waals surface area contributed by atoms with Crippen molar-refractivity contribution in [2.45, 2.75) is 46.7 Å². The second-order valence-electron chi connectivity index (χ2n) is 6.79. The number of hydrogen-bond acceptors (Lipinski definition) is 4. The Balaban J connectivity index is 1.90. The zero-order chi connectivity index (χ0) is 17.1. The zero-order valence-corrected chi connectivity index (χ0v) is 15.2. The smallest absolute Gasteiger partial charge is 0.239 e. The first-order valence-corrected chi connectivity index (χ1v) is 8.60. The maximum atomic E-state index is 12.4. The van der Waals surface area contributed by atoms with Gasteiger partial charge in [0.1, 0.15) is 0 Å². The molecule has 23 heavy (non-hydrogen) atoms. The van der Waals surface area contributed by atoms with Crippen molar-refractivity contribution in [2.24, 2.45) is 18.7 Å². The van der Waals surface area contributed by atoms with Crippen molar-refractivity contribution in [3.63, 3.8) is 0 Å². The van der Waals surface area contributed by atoms with Crippen LogP contribution in [-0.4, -0.2) is 57.7 Å². The lowest BCUT2D eigenvalue weighted by Gasteiger charge is -2.36. The molecule has 6 nitrogen and oxygen atoms in total. The third kappa shape index (κ3) is 3.93. The number of nitrogens with two attached hydrogens (primary N) is 1. The molecule has 1 aromatic rings. The van der Waals surface area contributed by atoms with Gasteiger partial charge in [0.05, 0.1) is 11.7 Å². The van der Waals surface area contributed by atoms with Gasteiger partial charge in [0.25, 0.3) is 0 Å². The molecule has 2 heterocycles. The first-order chi connectivity index (χ1) is 10.8. The van der Waals surface area contributed by atoms with Gasteiger partial charge in [-0.1, -0.05) is 20.3 Å². The monoisotopic (exact) mass is 321 g/mol. The molecule has 0 bridgehead atoms. The summed E-state index contributed by atoms with van der Waals surface area (Å²) in [5.41, 5.74) is 9.72. The number of carbonyl (C=O) groups is 1. The van der Waals surface area contributed by atoms with Gasteiger partial charge in [-0.25, -0.2) is 0 Å². The molecule has 6 heteroatoms. The Morgan fingerprint density at radius 3 is 2.35 bits per heavy atom. The maximum Gasteiger partial charge on any atom is 0.239 e. The summed E-state index contributed by atoms with van der Waals surface area (Å²) in [6.07, 6.45) is 0.937. The van der Waals surface area contributed by atoms with Crippen LogP contribution in [0.3, 0.4) is 0 Å². The molecule has 0 aliphatic carbocycles. The fourth-order valence-electron chi connectivity index (χ4n) is 3.10. The summed E-state index contributed by atoms with van der Waals surface area (Å²) < 4.78 is 1.94. The molecule has 2 rings (SSSR count). The molecule has 1 aliphatic heterocycles. The molecule has 1 aromatic heterocycles. The molecular weight excluding hydrogens is 290 g/mol. The number of aromatic nitrogens is 2. The summed E-state index contributed by atoms with van der Waals surface area (Å²) in [4.78, 5) is 16.8. The van der Waals surface area contributed by atoms with Crippen molar-refractivity contribution in [2.75, 3.05) is 26.2 Å². The predicted molar refractivity (Wildman–Crippen MR) is 92.0 cm³/mol. The molecule has 2 unspecified atom stereocenters. The van der Waals surface area contributed by atoms with E-state index in [0.717, 1.165) is 44.8 Å². The third-order valence-electron chi connectivity index (χ3n) is 5.27. The van der Waals surface area contributed by atoms with Crippen LogP contribution < -0.4 is 5.73 Å². The van der Waals surface area contributed by atoms with Crippen LogP contribution >= 0.6 is 0 Å². The third-order valence-corrected chi connectivity index (χ3v) is 5.27. The SMILES string of the molecule is CCC(C)C(N)C(=O)N1CCN(Cc2c(C)nn(C)c2C)CC1. The highest BCUT2D eigenvalue weighted by atomic mass is 16.2. The van der Waals surface area contributed by atoms with Gasteiger partial charge < -0.3 is 10.6 Å². The summed E-state index contributed by atoms with van der Waals surface area (Å²) in [5, 5.41) is 4.48. The van der Waals surface area contributed by atoms with Gasteiger partial charge in [0.15, 0.2) is 0 Å². The minimum atomic E-state index is -0.366. The predicted octanol–water partition coefficient (Wildman–Crippen LogP) is 1.05. The lowest BCUT2D eigenvalue weighted by Crippen LogP contribution is -2.54. The zero-order valence-electron chi connectivity index (χ0n) is 15.2. The molecule has 1 amide bonds. The van der Waals surface area contributed by atoms with Crippen molar-refractivity contribution in [3.05, 3.63) is 17.0 Å². The highest BCUT2D eigenvalue weighted by molar-refractivity contribution is 5.82. The first-order valence-electron chi connectivity index (χ1n) is 8.60. The van der Waals surface area contributed by atoms with Crippen LogP contribution in [0.1, 0.15) is 37.2 Å². The van der Waals surface area contributed by atoms with Crippen molar-refractivity contribution in [1.82, 2.24) is 19.6 Å². The molecular formula is C17H31N5O. The molecule has 2 N–H and O–H groups in total. The number of rotatable bonds is 5. The Hall–Kier alpha value is -1.40. The van der Waals surface area contributed by atoms with E-state index in [2.05, 4.69) is 30.8 Å². The summed E-state index contributed by atoms with van der Waals surface area (Å²) >= 11 is 0. The van der Waals surface area contributed by atoms with E-state index in [-0.39, 0.29) is 17.9 Å². The van der Waals surface area contributed by atoms with Crippen LogP contribution in [0.25, 0.3) is 0 Å². The van der Waals surface area contributed by atoms with Gasteiger partial charge in [-0.2, -0.15) is 5.10 Å². The number of aryl methyl sites for hydroxylation is 2. The van der Waals surface area contributed by atoms with Gasteiger partial charge in [-0.05, 0) is 19.8 Å². The Morgan fingerprint density at radius 2 is 1.87 bits per heavy atom. The van der Waals surface area contributed by atoms with Crippen LogP contribution in [0.4, 0.5) is 0 Å². The number of piperazine rings is 1. The fraction of sp³-hybridized carbons (Fsp3) is 0.765. The summed E-state index contributed by atoms with van der Waals surface area (Å²) in [6.45, 7) is 12.5. The summed E-state index contributed by atoms with van der Waals surface area (Å²) in [6, 6.07) is -0.366. The minimum Gasteiger partial charge on any atom is -0.339 e. The summed E-state index contributed by atoms with van der Waals surface area (Å²) in [5.74, 6) is 0.342. The fourth-order valence-corrected chi connectivity index (χ4v) is 3.10. The molecule has 1 fully saturated rings. The van der Waals surface area contributed by atoms with E-state index in [4.69, 9.17) is 5.73 Å². The highest BCUT2D eigenvalue weighted by Gasteiger charge is 2.28. The van der Waals surface area contributed by atoms with Crippen molar-refractivity contribution < 1.29 is 4.79 Å². The van der Waals surface area contributed by atoms with E-state index >= 15 is 0 Å². The Bertz CT molecular complexity index is 545. The molecule has 0 saturated carbocycles. The van der Waals surface area contributed by atoms with E-state index < -0.39 is 0 Å². The van der Waals surface area contributed by atoms with Gasteiger partial charge in [-0.15, -0.1) is 0 Å². The van der Waals surface area contributed by atoms with Gasteiger partial charge in [-0.3, -0.25) is 14.4 Å². The molecule has 0 aromatic carbocycles. The van der Waals surface area contributed by atoms with Crippen LogP contribution in [0, 0.1) is 19.8 Å². The number of carbonyl (C=O) groups excluding carboxylic acids is 1. The molecule has 0 radical (unpaired) electrons. The quantitative estimate of drug-likeness (QED) is 0.880. The lowest BCUT2D eigenvalue weighted by atomic mass is 9.98. The standard InChI is InChI=1S/C17H31N5O/c1-6-12(2)16(18)17(23)22-9-7-21(8-10-22)11-15-13(3)19-20(5)14(15)4/h12,16H,6-11,18H2,1-5H3. The normalized spacial score (nSPS) is 19.0. The summed E-state index contributed by atoms with van der Waals surface area (Å²) in [7, 11) is 1.98. The number of amides is 1. The molecule has 130 valence electrons. The van der Waals surface area contributed by atoms with Crippen molar-refractivity contribution >= 4 is 5.91 Å². The highest BCUT2D eigenvalue weighted by Crippen LogP contribution is 2.17. The van der Waals surface area contributed by atoms with Gasteiger partial charge in [0.2, 0.25) is 5.91 Å². The molecule has 2 atom stereocenters. The van der Waals surface area contributed by atoms with E-state index in [0.29, 0.717) is 0 Å². The van der Waals surface area contributed by atoms with Crippen LogP contribution in [0.15, 0.2) is 0 Å². The Morgan fingerprint density at radius 1 is 1.26 bits per heavy atom. The van der Waals surface area contributed by atoms with Crippen molar-refractivity contribution in [3.8, 4) is 0 Å². The van der Waals surface area contributed by atoms with E-state index in [1.165, 1.54) is 11.3 Å². The second-order valence-corrected chi connectivity index (χ2v) is 6.79. The molecule has 0 spiro atoms. The minimum absolute atomic E-state index is 0.104. The lowest BCUT2D eigenvalue weighted by molar-refractivity contribution is -0.135. The van der Waals surface area contributed by atoms with Crippen molar-refractivity contribution in [1.29, 1.82) is 0 Å². The van der Waals surface area contributed by atoms with Crippen LogP contribution in [-0.2, 0) is 18.4 Å². The molecule has 1 aliphatic rings. The topological polar surface area (TPSA) is 67.4 Å². The van der Waals surface area contributed by atoms with E-state index in [9.17, 15) is 4.79 Å². The average Bonchev–Trinajstić information content (AvgIpc) is 2.79. The number of nitrogens with zero attached hydrogens (tertiary/aromatic N) is 4. The Labute approximate surface area is 139 Å². The van der Waals surface area contributed by atoms with Gasteiger partial charge in [0, 0.05) is 51.0 Å². The number of hydrogen-bond donors (Lipinski definition) is 1. The first kappa shape index (κ1) is 17.9. The van der Waals surface area contributed by atoms with Gasteiger partial charge >= 0.3 is 0 Å². The largest absolute Gasteiger partial charge is 0.339 e. The van der Waals surface area contributed by atoms with E-state index in [1.807, 2.05) is 23.6 Å². The maximum absolute atomic E-state index is 12.4. The average molecular weight is 321 g/mol.